The van der Waals surface area contributed by atoms with E-state index in [0.717, 1.165) is 50.3 Å². The Morgan fingerprint density at radius 1 is 1.03 bits per heavy atom. The first-order valence-corrected chi connectivity index (χ1v) is 10.6. The van der Waals surface area contributed by atoms with E-state index >= 15 is 0 Å². The van der Waals surface area contributed by atoms with E-state index in [2.05, 4.69) is 66.0 Å². The Morgan fingerprint density at radius 3 is 2.63 bits per heavy atom. The van der Waals surface area contributed by atoms with E-state index in [1.807, 2.05) is 12.1 Å². The van der Waals surface area contributed by atoms with Crippen molar-refractivity contribution in [3.63, 3.8) is 0 Å². The van der Waals surface area contributed by atoms with Gasteiger partial charge in [0.2, 0.25) is 0 Å². The molecule has 30 heavy (non-hydrogen) atoms. The number of H-pyrrole nitrogens is 1. The first kappa shape index (κ1) is 19.0. The molecule has 2 aliphatic rings. The number of ether oxygens (including phenoxy) is 1. The van der Waals surface area contributed by atoms with Crippen molar-refractivity contribution >= 4 is 17.5 Å². The zero-order valence-electron chi connectivity index (χ0n) is 16.9. The molecule has 1 unspecified atom stereocenters. The molecule has 5 rings (SSSR count). The molecule has 0 radical (unpaired) electrons. The third kappa shape index (κ3) is 4.77. The summed E-state index contributed by atoms with van der Waals surface area (Å²) in [5.74, 6) is 2.93. The molecule has 1 saturated carbocycles. The number of anilines is 3. The molecule has 8 nitrogen and oxygen atoms in total. The van der Waals surface area contributed by atoms with Gasteiger partial charge in [-0.3, -0.25) is 10.00 Å². The van der Waals surface area contributed by atoms with Crippen LogP contribution >= 0.6 is 0 Å². The van der Waals surface area contributed by atoms with E-state index in [4.69, 9.17) is 4.74 Å². The summed E-state index contributed by atoms with van der Waals surface area (Å²) < 4.78 is 5.50. The van der Waals surface area contributed by atoms with E-state index in [0.29, 0.717) is 5.92 Å². The molecule has 0 bridgehead atoms. The summed E-state index contributed by atoms with van der Waals surface area (Å²) in [6, 6.07) is 14.6. The van der Waals surface area contributed by atoms with Gasteiger partial charge in [0.15, 0.2) is 5.82 Å². The normalized spacial score (nSPS) is 18.1. The van der Waals surface area contributed by atoms with Gasteiger partial charge in [0, 0.05) is 43.4 Å². The molecule has 0 spiro atoms. The molecule has 3 aromatic rings. The summed E-state index contributed by atoms with van der Waals surface area (Å²) in [5, 5.41) is 14.3. The lowest BCUT2D eigenvalue weighted by molar-refractivity contribution is 0.0360. The molecule has 3 N–H and O–H groups in total. The number of benzene rings is 1. The Labute approximate surface area is 176 Å². The quantitative estimate of drug-likeness (QED) is 0.530. The van der Waals surface area contributed by atoms with Crippen LogP contribution in [0.25, 0.3) is 0 Å². The van der Waals surface area contributed by atoms with Gasteiger partial charge >= 0.3 is 0 Å². The lowest BCUT2D eigenvalue weighted by Crippen LogP contribution is -2.40. The minimum absolute atomic E-state index is 0.124. The zero-order chi connectivity index (χ0) is 20.2. The number of aromatic nitrogens is 4. The molecule has 1 atom stereocenters. The van der Waals surface area contributed by atoms with Crippen LogP contribution in [0.1, 0.15) is 36.1 Å². The fraction of sp³-hybridized carbons (Fsp3) is 0.409. The van der Waals surface area contributed by atoms with E-state index < -0.39 is 0 Å². The Morgan fingerprint density at radius 2 is 1.83 bits per heavy atom. The summed E-state index contributed by atoms with van der Waals surface area (Å²) in [6.07, 6.45) is 4.07. The van der Waals surface area contributed by atoms with Gasteiger partial charge in [-0.15, -0.1) is 0 Å². The topological polar surface area (TPSA) is 91.0 Å². The van der Waals surface area contributed by atoms with Crippen molar-refractivity contribution in [1.29, 1.82) is 0 Å². The summed E-state index contributed by atoms with van der Waals surface area (Å²) in [7, 11) is 0. The maximum Gasteiger partial charge on any atom is 0.153 e. The van der Waals surface area contributed by atoms with Gasteiger partial charge in [0.1, 0.15) is 18.0 Å². The number of morpholine rings is 1. The van der Waals surface area contributed by atoms with E-state index in [9.17, 15) is 0 Å². The fourth-order valence-corrected chi connectivity index (χ4v) is 3.78. The number of hydrogen-bond acceptors (Lipinski definition) is 7. The largest absolute Gasteiger partial charge is 0.379 e. The first-order valence-electron chi connectivity index (χ1n) is 10.6. The molecule has 2 fully saturated rings. The lowest BCUT2D eigenvalue weighted by atomic mass is 10.1. The number of aromatic amines is 1. The van der Waals surface area contributed by atoms with Crippen LogP contribution in [-0.2, 0) is 4.74 Å². The number of nitrogens with zero attached hydrogens (tertiary/aromatic N) is 4. The highest BCUT2D eigenvalue weighted by Gasteiger charge is 2.25. The smallest absolute Gasteiger partial charge is 0.153 e. The average Bonchev–Trinajstić information content (AvgIpc) is 3.54. The average molecular weight is 406 g/mol. The third-order valence-electron chi connectivity index (χ3n) is 5.61. The number of hydrogen-bond donors (Lipinski definition) is 3. The van der Waals surface area contributed by atoms with Gasteiger partial charge in [-0.1, -0.05) is 30.3 Å². The highest BCUT2D eigenvalue weighted by molar-refractivity contribution is 5.56. The molecule has 8 heteroatoms. The van der Waals surface area contributed by atoms with Crippen LogP contribution in [0.3, 0.4) is 0 Å². The Balaban J connectivity index is 1.30. The van der Waals surface area contributed by atoms with Crippen molar-refractivity contribution in [2.24, 2.45) is 0 Å². The zero-order valence-corrected chi connectivity index (χ0v) is 16.9. The number of rotatable bonds is 8. The summed E-state index contributed by atoms with van der Waals surface area (Å²) in [6.45, 7) is 4.36. The minimum Gasteiger partial charge on any atom is -0.379 e. The van der Waals surface area contributed by atoms with E-state index in [-0.39, 0.29) is 6.04 Å². The minimum atomic E-state index is 0.124. The van der Waals surface area contributed by atoms with Crippen LogP contribution in [0.5, 0.6) is 0 Å². The predicted molar refractivity (Wildman–Crippen MR) is 116 cm³/mol. The van der Waals surface area contributed by atoms with Crippen LogP contribution < -0.4 is 10.6 Å². The van der Waals surface area contributed by atoms with E-state index in [1.54, 1.807) is 6.33 Å². The van der Waals surface area contributed by atoms with Crippen molar-refractivity contribution in [2.45, 2.75) is 24.8 Å². The molecule has 1 aliphatic heterocycles. The molecular weight excluding hydrogens is 378 g/mol. The second kappa shape index (κ2) is 8.81. The second-order valence-electron chi connectivity index (χ2n) is 7.92. The standard InChI is InChI=1S/C22H27N7O/c1-2-4-16(5-3-1)19(14-29-8-10-30-11-9-29)25-20-13-21(24-15-23-20)26-22-12-18(27-28-22)17-6-7-17/h1-5,12-13,15,17,19H,6-11,14H2,(H3,23,24,25,26,27,28). The predicted octanol–water partition coefficient (Wildman–Crippen LogP) is 3.31. The Bertz CT molecular complexity index is 951. The first-order chi connectivity index (χ1) is 14.8. The van der Waals surface area contributed by atoms with Gasteiger partial charge in [0.25, 0.3) is 0 Å². The van der Waals surface area contributed by atoms with Crippen molar-refractivity contribution in [1.82, 2.24) is 25.1 Å². The Hall–Kier alpha value is -2.97. The molecule has 1 saturated heterocycles. The maximum absolute atomic E-state index is 5.50. The van der Waals surface area contributed by atoms with Gasteiger partial charge in [-0.25, -0.2) is 9.97 Å². The van der Waals surface area contributed by atoms with Crippen LogP contribution in [0.15, 0.2) is 48.8 Å². The molecular formula is C22H27N7O. The fourth-order valence-electron chi connectivity index (χ4n) is 3.78. The van der Waals surface area contributed by atoms with Crippen LogP contribution in [-0.4, -0.2) is 57.9 Å². The van der Waals surface area contributed by atoms with E-state index in [1.165, 1.54) is 24.1 Å². The molecule has 156 valence electrons. The molecule has 2 aromatic heterocycles. The third-order valence-corrected chi connectivity index (χ3v) is 5.61. The lowest BCUT2D eigenvalue weighted by Gasteiger charge is -2.31. The van der Waals surface area contributed by atoms with Crippen LogP contribution in [0.4, 0.5) is 17.5 Å². The van der Waals surface area contributed by atoms with Crippen LogP contribution in [0.2, 0.25) is 0 Å². The highest BCUT2D eigenvalue weighted by Crippen LogP contribution is 2.39. The number of nitrogens with one attached hydrogen (secondary N) is 3. The monoisotopic (exact) mass is 405 g/mol. The summed E-state index contributed by atoms with van der Waals surface area (Å²) >= 11 is 0. The molecule has 1 aliphatic carbocycles. The van der Waals surface area contributed by atoms with Gasteiger partial charge in [-0.05, 0) is 18.4 Å². The molecule has 3 heterocycles. The summed E-state index contributed by atoms with van der Waals surface area (Å²) in [4.78, 5) is 11.2. The van der Waals surface area contributed by atoms with Gasteiger partial charge < -0.3 is 15.4 Å². The second-order valence-corrected chi connectivity index (χ2v) is 7.92. The van der Waals surface area contributed by atoms with Crippen molar-refractivity contribution in [3.8, 4) is 0 Å². The highest BCUT2D eigenvalue weighted by atomic mass is 16.5. The van der Waals surface area contributed by atoms with Gasteiger partial charge in [-0.2, -0.15) is 5.10 Å². The summed E-state index contributed by atoms with van der Waals surface area (Å²) in [5.41, 5.74) is 2.43. The maximum atomic E-state index is 5.50. The Kier molecular flexibility index (Phi) is 5.58. The van der Waals surface area contributed by atoms with Crippen molar-refractivity contribution < 1.29 is 4.74 Å². The van der Waals surface area contributed by atoms with Gasteiger partial charge in [0.05, 0.1) is 19.3 Å². The molecule has 1 aromatic carbocycles. The van der Waals surface area contributed by atoms with Crippen molar-refractivity contribution in [2.75, 3.05) is 43.5 Å². The SMILES string of the molecule is c1ccc(C(CN2CCOCC2)Nc2cc(Nc3cc(C4CC4)[nH]n3)ncn2)cc1. The van der Waals surface area contributed by atoms with Crippen molar-refractivity contribution in [3.05, 3.63) is 60.0 Å². The van der Waals surface area contributed by atoms with Crippen LogP contribution in [0, 0.1) is 0 Å². The molecule has 0 amide bonds.